The third-order valence-electron chi connectivity index (χ3n) is 8.98. The molecule has 0 radical (unpaired) electrons. The summed E-state index contributed by atoms with van der Waals surface area (Å²) in [5, 5.41) is 12.6. The number of benzene rings is 4. The van der Waals surface area contributed by atoms with Crippen LogP contribution in [0.25, 0.3) is 27.8 Å². The van der Waals surface area contributed by atoms with E-state index in [0.29, 0.717) is 22.5 Å². The number of para-hydroxylation sites is 1. The highest BCUT2D eigenvalue weighted by Gasteiger charge is 2.20. The van der Waals surface area contributed by atoms with Crippen LogP contribution in [0.2, 0.25) is 0 Å². The van der Waals surface area contributed by atoms with Gasteiger partial charge < -0.3 is 14.8 Å². The number of hydrogen-bond donors (Lipinski definition) is 1. The Balaban J connectivity index is 1.02. The van der Waals surface area contributed by atoms with Gasteiger partial charge >= 0.3 is 0 Å². The molecular formula is C39H36N6O4. The van der Waals surface area contributed by atoms with Gasteiger partial charge in [0.25, 0.3) is 5.91 Å². The number of ketones is 1. The van der Waals surface area contributed by atoms with Crippen LogP contribution >= 0.6 is 0 Å². The van der Waals surface area contributed by atoms with Gasteiger partial charge in [-0.2, -0.15) is 0 Å². The van der Waals surface area contributed by atoms with Crippen LogP contribution in [0.3, 0.4) is 0 Å². The monoisotopic (exact) mass is 652 g/mol. The predicted molar refractivity (Wildman–Crippen MR) is 189 cm³/mol. The van der Waals surface area contributed by atoms with Crippen molar-refractivity contribution in [3.63, 3.8) is 0 Å². The third-order valence-corrected chi connectivity index (χ3v) is 8.98. The fourth-order valence-corrected chi connectivity index (χ4v) is 6.25. The number of carbonyl (C=O) groups is 2. The van der Waals surface area contributed by atoms with Gasteiger partial charge in [-0.3, -0.25) is 14.5 Å². The van der Waals surface area contributed by atoms with Gasteiger partial charge in [-0.05, 0) is 85.0 Å². The average molecular weight is 653 g/mol. The minimum atomic E-state index is -0.403. The molecular weight excluding hydrogens is 616 g/mol. The van der Waals surface area contributed by atoms with Gasteiger partial charge in [0.15, 0.2) is 17.3 Å². The molecule has 0 saturated heterocycles. The van der Waals surface area contributed by atoms with E-state index in [9.17, 15) is 9.59 Å². The number of fused-ring (bicyclic) bond motifs is 2. The van der Waals surface area contributed by atoms with E-state index in [4.69, 9.17) is 9.47 Å². The highest BCUT2D eigenvalue weighted by Crippen LogP contribution is 2.33. The molecule has 0 bridgehead atoms. The van der Waals surface area contributed by atoms with Gasteiger partial charge in [0.05, 0.1) is 37.3 Å². The lowest BCUT2D eigenvalue weighted by atomic mass is 9.98. The first-order chi connectivity index (χ1) is 23.9. The van der Waals surface area contributed by atoms with E-state index < -0.39 is 5.91 Å². The molecule has 246 valence electrons. The van der Waals surface area contributed by atoms with Crippen LogP contribution in [-0.4, -0.2) is 63.9 Å². The fourth-order valence-electron chi connectivity index (χ4n) is 6.25. The van der Waals surface area contributed by atoms with Crippen molar-refractivity contribution in [3.05, 3.63) is 125 Å². The lowest BCUT2D eigenvalue weighted by Crippen LogP contribution is -2.32. The summed E-state index contributed by atoms with van der Waals surface area (Å²) in [6, 6.07) is 28.9. The van der Waals surface area contributed by atoms with Gasteiger partial charge in [-0.25, -0.2) is 9.67 Å². The zero-order chi connectivity index (χ0) is 33.9. The maximum Gasteiger partial charge on any atom is 0.274 e. The Morgan fingerprint density at radius 2 is 1.65 bits per heavy atom. The smallest absolute Gasteiger partial charge is 0.274 e. The van der Waals surface area contributed by atoms with Crippen molar-refractivity contribution in [2.24, 2.45) is 0 Å². The van der Waals surface area contributed by atoms with Crippen LogP contribution < -0.4 is 14.8 Å². The van der Waals surface area contributed by atoms with Gasteiger partial charge in [0.2, 0.25) is 0 Å². The number of pyridine rings is 1. The van der Waals surface area contributed by atoms with E-state index in [1.165, 1.54) is 23.6 Å². The number of amides is 1. The Morgan fingerprint density at radius 3 is 2.43 bits per heavy atom. The lowest BCUT2D eigenvalue weighted by molar-refractivity contribution is 0.101. The number of nitrogens with one attached hydrogen (secondary N) is 1. The fraction of sp³-hybridized carbons (Fsp3) is 0.205. The van der Waals surface area contributed by atoms with Gasteiger partial charge in [0, 0.05) is 36.1 Å². The predicted octanol–water partition coefficient (Wildman–Crippen LogP) is 6.56. The molecule has 0 atom stereocenters. The molecule has 6 aromatic rings. The minimum Gasteiger partial charge on any atom is -0.493 e. The Labute approximate surface area is 284 Å². The summed E-state index contributed by atoms with van der Waals surface area (Å²) in [6.45, 7) is 4.31. The van der Waals surface area contributed by atoms with E-state index in [1.54, 1.807) is 37.1 Å². The number of hydrogen-bond acceptors (Lipinski definition) is 8. The number of anilines is 1. The Hall–Kier alpha value is -5.87. The minimum absolute atomic E-state index is 0.164. The third kappa shape index (κ3) is 6.77. The van der Waals surface area contributed by atoms with Crippen molar-refractivity contribution in [1.82, 2.24) is 24.9 Å². The van der Waals surface area contributed by atoms with Crippen molar-refractivity contribution in [3.8, 4) is 28.4 Å². The molecule has 10 nitrogen and oxygen atoms in total. The average Bonchev–Trinajstić information content (AvgIpc) is 3.63. The zero-order valence-electron chi connectivity index (χ0n) is 27.6. The molecule has 4 aromatic carbocycles. The van der Waals surface area contributed by atoms with Crippen LogP contribution in [0.4, 0.5) is 5.69 Å². The number of methoxy groups -OCH3 is 2. The van der Waals surface area contributed by atoms with Crippen molar-refractivity contribution in [2.75, 3.05) is 32.6 Å². The Morgan fingerprint density at radius 1 is 0.878 bits per heavy atom. The summed E-state index contributed by atoms with van der Waals surface area (Å²) in [5.41, 5.74) is 7.82. The maximum atomic E-state index is 13.2. The SMILES string of the molecule is COc1cc2c(cc1OC)CN(CCc1ccc(-n3cc(-c4ccc(C(C)=O)c(NC(=O)c5ccc6ccccc6n5)c4)nn3)cc1)CC2. The van der Waals surface area contributed by atoms with Crippen LogP contribution in [0.1, 0.15) is 44.5 Å². The Bertz CT molecular complexity index is 2180. The second kappa shape index (κ2) is 13.7. The summed E-state index contributed by atoms with van der Waals surface area (Å²) >= 11 is 0. The molecule has 0 unspecified atom stereocenters. The number of aromatic nitrogens is 4. The molecule has 7 rings (SSSR count). The molecule has 10 heteroatoms. The second-order valence-electron chi connectivity index (χ2n) is 12.1. The molecule has 1 aliphatic heterocycles. The van der Waals surface area contributed by atoms with Crippen molar-refractivity contribution >= 4 is 28.3 Å². The molecule has 0 fully saturated rings. The van der Waals surface area contributed by atoms with E-state index in [-0.39, 0.29) is 11.5 Å². The quantitative estimate of drug-likeness (QED) is 0.166. The first-order valence-corrected chi connectivity index (χ1v) is 16.2. The van der Waals surface area contributed by atoms with E-state index in [1.807, 2.05) is 54.7 Å². The van der Waals surface area contributed by atoms with E-state index in [0.717, 1.165) is 60.6 Å². The van der Waals surface area contributed by atoms with Crippen LogP contribution in [0, 0.1) is 0 Å². The zero-order valence-corrected chi connectivity index (χ0v) is 27.6. The molecule has 1 N–H and O–H groups in total. The number of rotatable bonds is 10. The number of carbonyl (C=O) groups excluding carboxylic acids is 2. The van der Waals surface area contributed by atoms with Crippen molar-refractivity contribution in [1.29, 1.82) is 0 Å². The Kier molecular flexibility index (Phi) is 8.87. The molecule has 1 aliphatic rings. The molecule has 0 spiro atoms. The van der Waals surface area contributed by atoms with Gasteiger partial charge in [0.1, 0.15) is 11.4 Å². The van der Waals surface area contributed by atoms with Crippen LogP contribution in [-0.2, 0) is 19.4 Å². The van der Waals surface area contributed by atoms with Crippen molar-refractivity contribution in [2.45, 2.75) is 26.3 Å². The van der Waals surface area contributed by atoms with Crippen molar-refractivity contribution < 1.29 is 19.1 Å². The lowest BCUT2D eigenvalue weighted by Gasteiger charge is -2.29. The number of Topliss-reactive ketones (excluding diaryl/α,β-unsaturated/α-hetero) is 1. The molecule has 2 aromatic heterocycles. The summed E-state index contributed by atoms with van der Waals surface area (Å²) in [4.78, 5) is 32.6. The molecule has 3 heterocycles. The first kappa shape index (κ1) is 31.7. The van der Waals surface area contributed by atoms with E-state index in [2.05, 4.69) is 49.8 Å². The normalized spacial score (nSPS) is 12.8. The number of nitrogens with zero attached hydrogens (tertiary/aromatic N) is 5. The molecule has 49 heavy (non-hydrogen) atoms. The number of ether oxygens (including phenoxy) is 2. The van der Waals surface area contributed by atoms with Crippen LogP contribution in [0.5, 0.6) is 11.5 Å². The topological polar surface area (TPSA) is 111 Å². The van der Waals surface area contributed by atoms with E-state index >= 15 is 0 Å². The summed E-state index contributed by atoms with van der Waals surface area (Å²) in [5.74, 6) is 0.983. The second-order valence-corrected chi connectivity index (χ2v) is 12.1. The summed E-state index contributed by atoms with van der Waals surface area (Å²) in [7, 11) is 3.35. The largest absolute Gasteiger partial charge is 0.493 e. The molecule has 1 amide bonds. The summed E-state index contributed by atoms with van der Waals surface area (Å²) in [6.07, 6.45) is 3.75. The van der Waals surface area contributed by atoms with Crippen LogP contribution in [0.15, 0.2) is 97.2 Å². The maximum absolute atomic E-state index is 13.2. The molecule has 0 aliphatic carbocycles. The molecule has 0 saturated carbocycles. The first-order valence-electron chi connectivity index (χ1n) is 16.2. The highest BCUT2D eigenvalue weighted by molar-refractivity contribution is 6.09. The highest BCUT2D eigenvalue weighted by atomic mass is 16.5. The standard InChI is InChI=1S/C39H36N6O4/c1-25(46)32-14-10-29(20-35(32)41-39(47)34-15-11-27-6-4-5-7-33(27)40-34)36-24-45(43-42-36)31-12-8-26(9-13-31)16-18-44-19-17-28-21-37(48-2)38(49-3)22-30(28)23-44/h4-15,20-22,24H,16-19,23H2,1-3H3,(H,41,47). The summed E-state index contributed by atoms with van der Waals surface area (Å²) < 4.78 is 12.7. The van der Waals surface area contributed by atoms with Gasteiger partial charge in [-0.1, -0.05) is 47.7 Å². The van der Waals surface area contributed by atoms with Gasteiger partial charge in [-0.15, -0.1) is 5.10 Å².